The molecule has 0 aromatic heterocycles. The fourth-order valence-electron chi connectivity index (χ4n) is 2.13. The summed E-state index contributed by atoms with van der Waals surface area (Å²) in [6.45, 7) is -0.372. The second-order valence-corrected chi connectivity index (χ2v) is 5.43. The van der Waals surface area contributed by atoms with E-state index in [-0.39, 0.29) is 17.8 Å². The van der Waals surface area contributed by atoms with E-state index < -0.39 is 39.3 Å². The van der Waals surface area contributed by atoms with Crippen LogP contribution in [0.4, 0.5) is 28.9 Å². The zero-order valence-corrected chi connectivity index (χ0v) is 13.1. The van der Waals surface area contributed by atoms with Crippen molar-refractivity contribution < 1.29 is 27.6 Å². The van der Waals surface area contributed by atoms with Gasteiger partial charge in [-0.05, 0) is 12.1 Å². The van der Waals surface area contributed by atoms with Gasteiger partial charge in [0.15, 0.2) is 0 Å². The topological polar surface area (TPSA) is 75.4 Å². The van der Waals surface area contributed by atoms with E-state index in [1.54, 1.807) is 0 Å². The number of rotatable bonds is 5. The molecule has 10 heteroatoms. The molecular weight excluding hydrogens is 368 g/mol. The molecule has 0 spiro atoms. The van der Waals surface area contributed by atoms with Crippen molar-refractivity contribution in [3.05, 3.63) is 68.5 Å². The summed E-state index contributed by atoms with van der Waals surface area (Å²) < 4.78 is 52.0. The van der Waals surface area contributed by atoms with E-state index >= 15 is 0 Å². The molecule has 0 heterocycles. The highest BCUT2D eigenvalue weighted by atomic mass is 35.5. The zero-order chi connectivity index (χ0) is 18.8. The fraction of sp³-hybridized carbons (Fsp3) is 0.200. The second kappa shape index (κ2) is 7.24. The largest absolute Gasteiger partial charge is 0.418 e. The van der Waals surface area contributed by atoms with Gasteiger partial charge in [-0.25, -0.2) is 4.39 Å². The maximum Gasteiger partial charge on any atom is 0.418 e. The Hall–Kier alpha value is -2.39. The number of nitro benzene ring substituents is 1. The second-order valence-electron chi connectivity index (χ2n) is 5.02. The molecule has 0 amide bonds. The Bertz CT molecular complexity index is 799. The van der Waals surface area contributed by atoms with Crippen LogP contribution in [-0.4, -0.2) is 16.6 Å². The molecule has 0 fully saturated rings. The molecule has 0 aliphatic heterocycles. The molecule has 134 valence electrons. The van der Waals surface area contributed by atoms with Gasteiger partial charge < -0.3 is 10.4 Å². The minimum absolute atomic E-state index is 0.0596. The molecular formula is C15H11ClF4N2O3. The summed E-state index contributed by atoms with van der Waals surface area (Å²) in [5.74, 6) is -0.684. The zero-order valence-electron chi connectivity index (χ0n) is 12.3. The lowest BCUT2D eigenvalue weighted by atomic mass is 10.1. The van der Waals surface area contributed by atoms with Gasteiger partial charge in [0.1, 0.15) is 11.5 Å². The van der Waals surface area contributed by atoms with Crippen LogP contribution < -0.4 is 5.32 Å². The van der Waals surface area contributed by atoms with Gasteiger partial charge >= 0.3 is 6.18 Å². The molecule has 0 saturated carbocycles. The van der Waals surface area contributed by atoms with Crippen LogP contribution >= 0.6 is 11.6 Å². The lowest BCUT2D eigenvalue weighted by molar-refractivity contribution is -0.384. The van der Waals surface area contributed by atoms with Gasteiger partial charge in [0.25, 0.3) is 5.69 Å². The molecule has 0 aliphatic carbocycles. The number of hydrogen-bond donors (Lipinski definition) is 2. The van der Waals surface area contributed by atoms with Crippen LogP contribution in [0.25, 0.3) is 0 Å². The smallest absolute Gasteiger partial charge is 0.386 e. The molecule has 0 radical (unpaired) electrons. The Labute approximate surface area is 144 Å². The Morgan fingerprint density at radius 1 is 1.28 bits per heavy atom. The van der Waals surface area contributed by atoms with E-state index in [0.717, 1.165) is 12.1 Å². The number of halogens is 5. The summed E-state index contributed by atoms with van der Waals surface area (Å²) in [6, 6.07) is 6.39. The van der Waals surface area contributed by atoms with Crippen molar-refractivity contribution in [2.45, 2.75) is 12.3 Å². The Morgan fingerprint density at radius 3 is 2.48 bits per heavy atom. The average molecular weight is 379 g/mol. The Morgan fingerprint density at radius 2 is 1.92 bits per heavy atom. The van der Waals surface area contributed by atoms with Crippen LogP contribution in [0.15, 0.2) is 36.4 Å². The molecule has 1 atom stereocenters. The van der Waals surface area contributed by atoms with Crippen LogP contribution in [0.3, 0.4) is 0 Å². The maximum absolute atomic E-state index is 13.6. The SMILES string of the molecule is O=[N+]([O-])c1cc(C(F)(F)F)c(Cl)cc1NC[C@H](O)c1ccccc1F. The molecule has 2 N–H and O–H groups in total. The molecule has 2 aromatic rings. The summed E-state index contributed by atoms with van der Waals surface area (Å²) in [5.41, 5.74) is -2.59. The van der Waals surface area contributed by atoms with E-state index in [1.165, 1.54) is 18.2 Å². The maximum atomic E-state index is 13.6. The third-order valence-electron chi connectivity index (χ3n) is 3.34. The van der Waals surface area contributed by atoms with E-state index in [1.807, 2.05) is 0 Å². The highest BCUT2D eigenvalue weighted by Gasteiger charge is 2.36. The number of hydrogen-bond acceptors (Lipinski definition) is 4. The fourth-order valence-corrected chi connectivity index (χ4v) is 2.40. The van der Waals surface area contributed by atoms with Gasteiger partial charge in [-0.1, -0.05) is 29.8 Å². The average Bonchev–Trinajstić information content (AvgIpc) is 2.51. The molecule has 0 saturated heterocycles. The van der Waals surface area contributed by atoms with E-state index in [9.17, 15) is 32.8 Å². The number of benzene rings is 2. The van der Waals surface area contributed by atoms with Crippen molar-refractivity contribution in [2.24, 2.45) is 0 Å². The number of alkyl halides is 3. The molecule has 2 rings (SSSR count). The summed E-state index contributed by atoms with van der Waals surface area (Å²) >= 11 is 5.54. The van der Waals surface area contributed by atoms with Gasteiger partial charge in [-0.2, -0.15) is 13.2 Å². The van der Waals surface area contributed by atoms with Crippen molar-refractivity contribution in [3.8, 4) is 0 Å². The normalized spacial score (nSPS) is 12.7. The van der Waals surface area contributed by atoms with Gasteiger partial charge in [-0.15, -0.1) is 0 Å². The molecule has 5 nitrogen and oxygen atoms in total. The lowest BCUT2D eigenvalue weighted by Crippen LogP contribution is -2.15. The first-order valence-electron chi connectivity index (χ1n) is 6.82. The number of nitrogens with one attached hydrogen (secondary N) is 1. The third-order valence-corrected chi connectivity index (χ3v) is 3.65. The first-order chi connectivity index (χ1) is 11.6. The minimum Gasteiger partial charge on any atom is -0.386 e. The summed E-state index contributed by atoms with van der Waals surface area (Å²) in [4.78, 5) is 10.0. The summed E-state index contributed by atoms with van der Waals surface area (Å²) in [6.07, 6.45) is -6.23. The Balaban J connectivity index is 2.29. The molecule has 0 aliphatic rings. The lowest BCUT2D eigenvalue weighted by Gasteiger charge is -2.15. The quantitative estimate of drug-likeness (QED) is 0.454. The summed E-state index contributed by atoms with van der Waals surface area (Å²) in [5, 5.41) is 22.7. The standard InChI is InChI=1S/C15H11ClF4N2O3/c16-10-6-12(13(22(24)25)5-9(10)15(18,19)20)21-7-14(23)8-3-1-2-4-11(8)17/h1-6,14,21,23H,7H2/t14-/m0/s1. The van der Waals surface area contributed by atoms with Crippen LogP contribution in [-0.2, 0) is 6.18 Å². The summed E-state index contributed by atoms with van der Waals surface area (Å²) in [7, 11) is 0. The van der Waals surface area contributed by atoms with Crippen molar-refractivity contribution in [1.82, 2.24) is 0 Å². The van der Waals surface area contributed by atoms with E-state index in [0.29, 0.717) is 6.07 Å². The predicted molar refractivity (Wildman–Crippen MR) is 83.0 cm³/mol. The van der Waals surface area contributed by atoms with Gasteiger partial charge in [0.2, 0.25) is 0 Å². The molecule has 0 bridgehead atoms. The monoisotopic (exact) mass is 378 g/mol. The number of aliphatic hydroxyl groups excluding tert-OH is 1. The number of anilines is 1. The highest BCUT2D eigenvalue weighted by molar-refractivity contribution is 6.31. The first-order valence-corrected chi connectivity index (χ1v) is 7.20. The highest BCUT2D eigenvalue weighted by Crippen LogP contribution is 2.40. The first kappa shape index (κ1) is 18.9. The van der Waals surface area contributed by atoms with Crippen molar-refractivity contribution in [3.63, 3.8) is 0 Å². The van der Waals surface area contributed by atoms with Crippen LogP contribution in [0.2, 0.25) is 5.02 Å². The number of aliphatic hydroxyl groups is 1. The van der Waals surface area contributed by atoms with Crippen molar-refractivity contribution >= 4 is 23.0 Å². The van der Waals surface area contributed by atoms with Crippen LogP contribution in [0.1, 0.15) is 17.2 Å². The molecule has 25 heavy (non-hydrogen) atoms. The van der Waals surface area contributed by atoms with E-state index in [2.05, 4.69) is 5.32 Å². The predicted octanol–water partition coefficient (Wildman–Crippen LogP) is 4.55. The minimum atomic E-state index is -4.85. The van der Waals surface area contributed by atoms with Gasteiger partial charge in [0.05, 0.1) is 21.6 Å². The van der Waals surface area contributed by atoms with Gasteiger partial charge in [0, 0.05) is 18.2 Å². The van der Waals surface area contributed by atoms with Crippen molar-refractivity contribution in [2.75, 3.05) is 11.9 Å². The molecule has 2 aromatic carbocycles. The van der Waals surface area contributed by atoms with Crippen molar-refractivity contribution in [1.29, 1.82) is 0 Å². The number of nitro groups is 1. The number of nitrogens with zero attached hydrogens (tertiary/aromatic N) is 1. The Kier molecular flexibility index (Phi) is 5.48. The van der Waals surface area contributed by atoms with E-state index in [4.69, 9.17) is 11.6 Å². The van der Waals surface area contributed by atoms with Crippen LogP contribution in [0.5, 0.6) is 0 Å². The van der Waals surface area contributed by atoms with Crippen LogP contribution in [0, 0.1) is 15.9 Å². The third kappa shape index (κ3) is 4.37. The van der Waals surface area contributed by atoms with Gasteiger partial charge in [-0.3, -0.25) is 10.1 Å². The molecule has 0 unspecified atom stereocenters.